The fraction of sp³-hybridized carbons (Fsp3) is 0.182. The van der Waals surface area contributed by atoms with E-state index in [0.29, 0.717) is 0 Å². The molecule has 1 unspecified atom stereocenters. The lowest BCUT2D eigenvalue weighted by Crippen LogP contribution is -2.29. The predicted octanol–water partition coefficient (Wildman–Crippen LogP) is 6.38. The largest absolute Gasteiger partial charge is 0.334 e. The van der Waals surface area contributed by atoms with Crippen LogP contribution in [0.4, 0.5) is 11.4 Å². The Morgan fingerprint density at radius 2 is 1.57 bits per heavy atom. The molecule has 2 rings (SSSR count). The van der Waals surface area contributed by atoms with E-state index in [-0.39, 0.29) is 6.04 Å². The van der Waals surface area contributed by atoms with Crippen molar-refractivity contribution in [3.05, 3.63) is 91.0 Å². The van der Waals surface area contributed by atoms with Crippen molar-refractivity contribution in [1.29, 1.82) is 0 Å². The van der Waals surface area contributed by atoms with Gasteiger partial charge in [0.15, 0.2) is 0 Å². The number of rotatable bonds is 7. The highest BCUT2D eigenvalue weighted by Gasteiger charge is 2.17. The Morgan fingerprint density at radius 3 is 2.13 bits per heavy atom. The van der Waals surface area contributed by atoms with Crippen LogP contribution in [-0.4, -0.2) is 6.04 Å². The Kier molecular flexibility index (Phi) is 6.43. The molecule has 0 saturated heterocycles. The van der Waals surface area contributed by atoms with Gasteiger partial charge in [-0.15, -0.1) is 6.58 Å². The molecule has 0 N–H and O–H groups in total. The van der Waals surface area contributed by atoms with Crippen LogP contribution in [0.15, 0.2) is 85.5 Å². The van der Waals surface area contributed by atoms with Gasteiger partial charge >= 0.3 is 0 Å². The molecule has 0 spiro atoms. The average Bonchev–Trinajstić information content (AvgIpc) is 2.58. The molecule has 0 aliphatic carbocycles. The number of hydrogen-bond donors (Lipinski definition) is 0. The topological polar surface area (TPSA) is 3.24 Å². The Labute approximate surface area is 140 Å². The lowest BCUT2D eigenvalue weighted by Gasteiger charge is -2.32. The molecule has 2 aromatic rings. The maximum atomic E-state index is 3.92. The highest BCUT2D eigenvalue weighted by atomic mass is 15.2. The molecule has 1 nitrogen and oxygen atoms in total. The lowest BCUT2D eigenvalue weighted by atomic mass is 10.1. The van der Waals surface area contributed by atoms with Crippen molar-refractivity contribution >= 4 is 17.5 Å². The molecule has 0 bridgehead atoms. The van der Waals surface area contributed by atoms with Gasteiger partial charge in [-0.1, -0.05) is 60.7 Å². The Balaban J connectivity index is 2.45. The van der Waals surface area contributed by atoms with E-state index in [4.69, 9.17) is 0 Å². The van der Waals surface area contributed by atoms with Crippen molar-refractivity contribution in [3.63, 3.8) is 0 Å². The van der Waals surface area contributed by atoms with Crippen LogP contribution >= 0.6 is 0 Å². The molecule has 2 aromatic carbocycles. The predicted molar refractivity (Wildman–Crippen MR) is 103 cm³/mol. The number of hydrogen-bond acceptors (Lipinski definition) is 1. The third-order valence-electron chi connectivity index (χ3n) is 3.72. The molecule has 0 saturated carbocycles. The van der Waals surface area contributed by atoms with E-state index in [1.165, 1.54) is 16.9 Å². The molecule has 118 valence electrons. The molecule has 0 aromatic heterocycles. The van der Waals surface area contributed by atoms with Gasteiger partial charge in [-0.3, -0.25) is 0 Å². The first-order valence-electron chi connectivity index (χ1n) is 8.11. The monoisotopic (exact) mass is 303 g/mol. The quantitative estimate of drug-likeness (QED) is 0.536. The minimum absolute atomic E-state index is 0.257. The first-order chi connectivity index (χ1) is 11.3. The fourth-order valence-electron chi connectivity index (χ4n) is 2.72. The summed E-state index contributed by atoms with van der Waals surface area (Å²) in [6.07, 6.45) is 11.4. The van der Waals surface area contributed by atoms with E-state index in [1.54, 1.807) is 0 Å². The van der Waals surface area contributed by atoms with Gasteiger partial charge in [-0.2, -0.15) is 0 Å². The van der Waals surface area contributed by atoms with E-state index in [2.05, 4.69) is 97.3 Å². The van der Waals surface area contributed by atoms with Crippen molar-refractivity contribution in [3.8, 4) is 0 Å². The lowest BCUT2D eigenvalue weighted by molar-refractivity contribution is 0.792. The molecule has 1 heteroatoms. The molecule has 0 aliphatic rings. The van der Waals surface area contributed by atoms with E-state index in [0.717, 1.165) is 6.42 Å². The average molecular weight is 303 g/mol. The van der Waals surface area contributed by atoms with Crippen molar-refractivity contribution in [2.24, 2.45) is 0 Å². The van der Waals surface area contributed by atoms with Gasteiger partial charge in [0.25, 0.3) is 0 Å². The Hall–Kier alpha value is -2.54. The van der Waals surface area contributed by atoms with E-state index in [1.807, 2.05) is 13.0 Å². The zero-order chi connectivity index (χ0) is 16.5. The number of para-hydroxylation sites is 1. The van der Waals surface area contributed by atoms with Crippen molar-refractivity contribution in [2.75, 3.05) is 4.90 Å². The van der Waals surface area contributed by atoms with Crippen LogP contribution in [-0.2, 0) is 0 Å². The van der Waals surface area contributed by atoms with Crippen LogP contribution in [0.1, 0.15) is 25.8 Å². The third kappa shape index (κ3) is 4.46. The number of allylic oxidation sites excluding steroid dienone is 2. The van der Waals surface area contributed by atoms with E-state index in [9.17, 15) is 0 Å². The zero-order valence-corrected chi connectivity index (χ0v) is 14.0. The molecule has 0 heterocycles. The van der Waals surface area contributed by atoms with Gasteiger partial charge < -0.3 is 4.90 Å². The standard InChI is InChI=1S/C22H25N/c1-4-10-19-15-17-22(18-16-19)23(20(11-5-2)12-6-3)21-13-8-7-9-14-21/h4-10,12-18,20H,2,11H2,1,3H3/b10-4+,12-6-. The summed E-state index contributed by atoms with van der Waals surface area (Å²) in [5.41, 5.74) is 3.60. The molecule has 0 aliphatic heterocycles. The second-order valence-electron chi connectivity index (χ2n) is 5.41. The SMILES string of the molecule is C=CCC(/C=C\C)N(c1ccccc1)c1ccc(/C=C/C)cc1. The van der Waals surface area contributed by atoms with Crippen LogP contribution in [0.3, 0.4) is 0 Å². The molecule has 0 radical (unpaired) electrons. The first kappa shape index (κ1) is 16.8. The normalized spacial score (nSPS) is 12.6. The van der Waals surface area contributed by atoms with E-state index >= 15 is 0 Å². The molecule has 1 atom stereocenters. The van der Waals surface area contributed by atoms with Crippen LogP contribution in [0.5, 0.6) is 0 Å². The Morgan fingerprint density at radius 1 is 0.913 bits per heavy atom. The van der Waals surface area contributed by atoms with Crippen LogP contribution in [0.2, 0.25) is 0 Å². The fourth-order valence-corrected chi connectivity index (χ4v) is 2.72. The number of nitrogens with zero attached hydrogens (tertiary/aromatic N) is 1. The van der Waals surface area contributed by atoms with Crippen LogP contribution < -0.4 is 4.90 Å². The van der Waals surface area contributed by atoms with Gasteiger partial charge in [-0.25, -0.2) is 0 Å². The molecule has 0 amide bonds. The summed E-state index contributed by atoms with van der Waals surface area (Å²) >= 11 is 0. The molecule has 23 heavy (non-hydrogen) atoms. The van der Waals surface area contributed by atoms with Gasteiger partial charge in [0.2, 0.25) is 0 Å². The molecule has 0 fully saturated rings. The summed E-state index contributed by atoms with van der Waals surface area (Å²) in [7, 11) is 0. The summed E-state index contributed by atoms with van der Waals surface area (Å²) in [5.74, 6) is 0. The van der Waals surface area contributed by atoms with Crippen LogP contribution in [0.25, 0.3) is 6.08 Å². The van der Waals surface area contributed by atoms with Gasteiger partial charge in [-0.05, 0) is 50.1 Å². The number of benzene rings is 2. The van der Waals surface area contributed by atoms with Crippen molar-refractivity contribution in [2.45, 2.75) is 26.3 Å². The zero-order valence-electron chi connectivity index (χ0n) is 14.0. The first-order valence-corrected chi connectivity index (χ1v) is 8.11. The maximum Gasteiger partial charge on any atom is 0.0556 e. The van der Waals surface area contributed by atoms with Crippen LogP contribution in [0, 0.1) is 0 Å². The molecular weight excluding hydrogens is 278 g/mol. The van der Waals surface area contributed by atoms with Crippen molar-refractivity contribution in [1.82, 2.24) is 0 Å². The molecular formula is C22H25N. The summed E-state index contributed by atoms with van der Waals surface area (Å²) < 4.78 is 0. The summed E-state index contributed by atoms with van der Waals surface area (Å²) in [6.45, 7) is 8.02. The van der Waals surface area contributed by atoms with Gasteiger partial charge in [0, 0.05) is 11.4 Å². The van der Waals surface area contributed by atoms with Gasteiger partial charge in [0.05, 0.1) is 6.04 Å². The second kappa shape index (κ2) is 8.79. The smallest absolute Gasteiger partial charge is 0.0556 e. The minimum Gasteiger partial charge on any atom is -0.334 e. The second-order valence-corrected chi connectivity index (χ2v) is 5.41. The highest BCUT2D eigenvalue weighted by Crippen LogP contribution is 2.30. The number of anilines is 2. The minimum atomic E-state index is 0.257. The van der Waals surface area contributed by atoms with E-state index < -0.39 is 0 Å². The Bertz CT molecular complexity index is 650. The third-order valence-corrected chi connectivity index (χ3v) is 3.72. The summed E-state index contributed by atoms with van der Waals surface area (Å²) in [6, 6.07) is 19.5. The maximum absolute atomic E-state index is 3.92. The summed E-state index contributed by atoms with van der Waals surface area (Å²) in [4.78, 5) is 2.36. The summed E-state index contributed by atoms with van der Waals surface area (Å²) in [5, 5.41) is 0. The van der Waals surface area contributed by atoms with Gasteiger partial charge in [0.1, 0.15) is 0 Å². The highest BCUT2D eigenvalue weighted by molar-refractivity contribution is 5.66. The van der Waals surface area contributed by atoms with Crippen molar-refractivity contribution < 1.29 is 0 Å².